The predicted octanol–water partition coefficient (Wildman–Crippen LogP) is 3.68. The van der Waals surface area contributed by atoms with E-state index in [9.17, 15) is 24.1 Å². The van der Waals surface area contributed by atoms with E-state index in [-0.39, 0.29) is 11.3 Å². The second-order valence-corrected chi connectivity index (χ2v) is 5.89. The molecule has 0 aromatic heterocycles. The molecular weight excluding hydrogens is 399 g/mol. The summed E-state index contributed by atoms with van der Waals surface area (Å²) in [4.78, 5) is 33.8. The fourth-order valence-corrected chi connectivity index (χ4v) is 2.27. The largest absolute Gasteiger partial charge is 0.449 e. The Morgan fingerprint density at radius 1 is 1.28 bits per heavy atom. The number of nitrogens with one attached hydrogen (secondary N) is 1. The molecule has 7 nitrogen and oxygen atoms in total. The number of halogens is 2. The van der Waals surface area contributed by atoms with Gasteiger partial charge in [0.15, 0.2) is 6.10 Å². The molecule has 0 bridgehead atoms. The number of anilines is 1. The maximum atomic E-state index is 13.3. The zero-order chi connectivity index (χ0) is 18.6. The minimum atomic E-state index is -1.16. The number of nitro groups is 1. The molecule has 1 atom stereocenters. The molecule has 0 aliphatic heterocycles. The number of hydrogen-bond donors (Lipinski definition) is 1. The molecule has 0 unspecified atom stereocenters. The van der Waals surface area contributed by atoms with Crippen LogP contribution in [0, 0.1) is 15.9 Å². The van der Waals surface area contributed by atoms with Gasteiger partial charge in [-0.3, -0.25) is 14.9 Å². The lowest BCUT2D eigenvalue weighted by molar-refractivity contribution is -0.387. The van der Waals surface area contributed by atoms with Crippen molar-refractivity contribution in [2.75, 3.05) is 5.32 Å². The molecule has 1 N–H and O–H groups in total. The fourth-order valence-electron chi connectivity index (χ4n) is 1.87. The zero-order valence-electron chi connectivity index (χ0n) is 12.9. The molecule has 0 spiro atoms. The summed E-state index contributed by atoms with van der Waals surface area (Å²) in [5, 5.41) is 13.0. The fraction of sp³-hybridized carbons (Fsp3) is 0.125. The molecule has 0 fully saturated rings. The molecule has 0 radical (unpaired) electrons. The van der Waals surface area contributed by atoms with Crippen LogP contribution in [0.15, 0.2) is 46.9 Å². The van der Waals surface area contributed by atoms with Crippen LogP contribution in [0.3, 0.4) is 0 Å². The van der Waals surface area contributed by atoms with Crippen molar-refractivity contribution in [1.29, 1.82) is 0 Å². The van der Waals surface area contributed by atoms with E-state index in [1.807, 2.05) is 0 Å². The van der Waals surface area contributed by atoms with E-state index in [0.717, 1.165) is 12.1 Å². The van der Waals surface area contributed by atoms with Gasteiger partial charge in [-0.15, -0.1) is 0 Å². The summed E-state index contributed by atoms with van der Waals surface area (Å²) < 4.78 is 19.0. The summed E-state index contributed by atoms with van der Waals surface area (Å²) in [6.07, 6.45) is -1.16. The van der Waals surface area contributed by atoms with Gasteiger partial charge in [0.05, 0.1) is 10.5 Å². The number of rotatable bonds is 5. The highest BCUT2D eigenvalue weighted by molar-refractivity contribution is 9.10. The summed E-state index contributed by atoms with van der Waals surface area (Å²) in [6, 6.07) is 9.36. The summed E-state index contributed by atoms with van der Waals surface area (Å²) in [7, 11) is 0. The average molecular weight is 411 g/mol. The lowest BCUT2D eigenvalue weighted by atomic mass is 10.2. The van der Waals surface area contributed by atoms with Crippen LogP contribution in [0.4, 0.5) is 15.8 Å². The SMILES string of the molecule is C[C@H](OC(=O)c1cccc(Br)c1)C(=O)Nc1ccc(F)c([N+](=O)[O-])c1. The lowest BCUT2D eigenvalue weighted by Gasteiger charge is -2.13. The molecule has 0 saturated carbocycles. The maximum absolute atomic E-state index is 13.3. The van der Waals surface area contributed by atoms with Crippen molar-refractivity contribution in [3.63, 3.8) is 0 Å². The third-order valence-corrected chi connectivity index (χ3v) is 3.62. The van der Waals surface area contributed by atoms with Gasteiger partial charge in [0.1, 0.15) is 0 Å². The van der Waals surface area contributed by atoms with Crippen molar-refractivity contribution in [2.24, 2.45) is 0 Å². The maximum Gasteiger partial charge on any atom is 0.338 e. The van der Waals surface area contributed by atoms with E-state index in [1.165, 1.54) is 25.1 Å². The molecule has 0 aliphatic rings. The molecule has 25 heavy (non-hydrogen) atoms. The van der Waals surface area contributed by atoms with Crippen molar-refractivity contribution >= 4 is 39.2 Å². The Labute approximate surface area is 150 Å². The van der Waals surface area contributed by atoms with Gasteiger partial charge in [-0.2, -0.15) is 4.39 Å². The Hall–Kier alpha value is -2.81. The zero-order valence-corrected chi connectivity index (χ0v) is 14.4. The number of carbonyl (C=O) groups excluding carboxylic acids is 2. The first kappa shape index (κ1) is 18.5. The number of ether oxygens (including phenoxy) is 1. The topological polar surface area (TPSA) is 98.5 Å². The van der Waals surface area contributed by atoms with Crippen molar-refractivity contribution in [3.8, 4) is 0 Å². The smallest absolute Gasteiger partial charge is 0.338 e. The molecule has 130 valence electrons. The number of esters is 1. The standard InChI is InChI=1S/C16H12BrFN2O5/c1-9(25-16(22)10-3-2-4-11(17)7-10)15(21)19-12-5-6-13(18)14(8-12)20(23)24/h2-9H,1H3,(H,19,21)/t9-/m0/s1. The van der Waals surface area contributed by atoms with Crippen LogP contribution in [0.2, 0.25) is 0 Å². The summed E-state index contributed by atoms with van der Waals surface area (Å²) >= 11 is 3.22. The Bertz CT molecular complexity index is 843. The second-order valence-electron chi connectivity index (χ2n) is 4.97. The van der Waals surface area contributed by atoms with Crippen LogP contribution in [0.5, 0.6) is 0 Å². The first-order chi connectivity index (χ1) is 11.8. The first-order valence-corrected chi connectivity index (χ1v) is 7.78. The molecule has 2 aromatic rings. The highest BCUT2D eigenvalue weighted by atomic mass is 79.9. The Balaban J connectivity index is 2.04. The van der Waals surface area contributed by atoms with Gasteiger partial charge in [-0.25, -0.2) is 4.79 Å². The van der Waals surface area contributed by atoms with Crippen LogP contribution in [-0.4, -0.2) is 22.9 Å². The van der Waals surface area contributed by atoms with Gasteiger partial charge < -0.3 is 10.1 Å². The Morgan fingerprint density at radius 2 is 2.00 bits per heavy atom. The predicted molar refractivity (Wildman–Crippen MR) is 90.7 cm³/mol. The Kier molecular flexibility index (Phi) is 5.81. The van der Waals surface area contributed by atoms with Gasteiger partial charge in [-0.1, -0.05) is 22.0 Å². The Morgan fingerprint density at radius 3 is 2.64 bits per heavy atom. The van der Waals surface area contributed by atoms with Crippen LogP contribution in [0.25, 0.3) is 0 Å². The van der Waals surface area contributed by atoms with Crippen molar-refractivity contribution in [1.82, 2.24) is 0 Å². The van der Waals surface area contributed by atoms with E-state index < -0.39 is 34.4 Å². The molecule has 1 amide bonds. The third-order valence-electron chi connectivity index (χ3n) is 3.12. The number of benzene rings is 2. The van der Waals surface area contributed by atoms with Crippen LogP contribution < -0.4 is 5.32 Å². The first-order valence-electron chi connectivity index (χ1n) is 6.99. The molecule has 9 heteroatoms. The minimum absolute atomic E-state index is 0.0171. The quantitative estimate of drug-likeness (QED) is 0.460. The second kappa shape index (κ2) is 7.84. The minimum Gasteiger partial charge on any atom is -0.449 e. The van der Waals surface area contributed by atoms with E-state index >= 15 is 0 Å². The average Bonchev–Trinajstić information content (AvgIpc) is 2.56. The van der Waals surface area contributed by atoms with E-state index in [1.54, 1.807) is 12.1 Å². The lowest BCUT2D eigenvalue weighted by Crippen LogP contribution is -2.30. The van der Waals surface area contributed by atoms with Gasteiger partial charge in [0.2, 0.25) is 5.82 Å². The number of amides is 1. The van der Waals surface area contributed by atoms with Crippen molar-refractivity contribution in [2.45, 2.75) is 13.0 Å². The van der Waals surface area contributed by atoms with Gasteiger partial charge in [0, 0.05) is 16.2 Å². The van der Waals surface area contributed by atoms with E-state index in [0.29, 0.717) is 4.47 Å². The van der Waals surface area contributed by atoms with Gasteiger partial charge in [-0.05, 0) is 37.3 Å². The summed E-state index contributed by atoms with van der Waals surface area (Å²) in [5.41, 5.74) is -0.494. The highest BCUT2D eigenvalue weighted by Crippen LogP contribution is 2.22. The van der Waals surface area contributed by atoms with Crippen LogP contribution >= 0.6 is 15.9 Å². The summed E-state index contributed by atoms with van der Waals surface area (Å²) in [6.45, 7) is 1.35. The van der Waals surface area contributed by atoms with Crippen molar-refractivity contribution in [3.05, 3.63) is 68.4 Å². The van der Waals surface area contributed by atoms with E-state index in [2.05, 4.69) is 21.2 Å². The molecule has 2 rings (SSSR count). The van der Waals surface area contributed by atoms with Crippen molar-refractivity contribution < 1.29 is 23.6 Å². The summed E-state index contributed by atoms with van der Waals surface area (Å²) in [5.74, 6) is -2.42. The molecule has 0 saturated heterocycles. The number of carbonyl (C=O) groups is 2. The molecule has 0 heterocycles. The van der Waals surface area contributed by atoms with Crippen LogP contribution in [-0.2, 0) is 9.53 Å². The molecule has 0 aliphatic carbocycles. The normalized spacial score (nSPS) is 11.5. The third kappa shape index (κ3) is 4.83. The molecular formula is C16H12BrFN2O5. The van der Waals surface area contributed by atoms with Gasteiger partial charge >= 0.3 is 11.7 Å². The number of nitrogens with zero attached hydrogens (tertiary/aromatic N) is 1. The highest BCUT2D eigenvalue weighted by Gasteiger charge is 2.21. The number of hydrogen-bond acceptors (Lipinski definition) is 5. The monoisotopic (exact) mass is 410 g/mol. The van der Waals surface area contributed by atoms with Gasteiger partial charge in [0.25, 0.3) is 5.91 Å². The molecule has 2 aromatic carbocycles. The number of nitro benzene ring substituents is 1. The van der Waals surface area contributed by atoms with E-state index in [4.69, 9.17) is 4.74 Å². The van der Waals surface area contributed by atoms with Crippen LogP contribution in [0.1, 0.15) is 17.3 Å².